The van der Waals surface area contributed by atoms with Gasteiger partial charge in [-0.3, -0.25) is 0 Å². The average Bonchev–Trinajstić information content (AvgIpc) is 2.63. The Kier molecular flexibility index (Phi) is 7.30. The molecule has 0 spiro atoms. The molecule has 142 valence electrons. The maximum Gasteiger partial charge on any atom is 0.123 e. The highest BCUT2D eigenvalue weighted by molar-refractivity contribution is 5.51. The molecule has 0 saturated carbocycles. The number of phenols is 1. The molecule has 0 saturated heterocycles. The first-order chi connectivity index (χ1) is 12.4. The Balaban J connectivity index is 1.70. The van der Waals surface area contributed by atoms with Gasteiger partial charge in [0.25, 0.3) is 0 Å². The number of rotatable bonds is 9. The Morgan fingerprint density at radius 3 is 2.42 bits per heavy atom. The predicted octanol–water partition coefficient (Wildman–Crippen LogP) is 3.03. The first-order valence-electron chi connectivity index (χ1n) is 8.90. The number of aliphatic hydroxyl groups excluding tert-OH is 1. The molecule has 0 radical (unpaired) electrons. The standard InChI is InChI=1S/C21H29NO4/c1-14-7-5-6-8-19(14)25-10-9-22-12-18(23)13-26-20-11-15(2)21(24)17(4)16(20)3/h5-8,11,18,22-24H,9-10,12-13H2,1-4H3/t18-/m0/s1. The molecule has 0 aliphatic rings. The number of para-hydroxylation sites is 1. The lowest BCUT2D eigenvalue weighted by Gasteiger charge is -2.17. The zero-order valence-corrected chi connectivity index (χ0v) is 16.0. The van der Waals surface area contributed by atoms with E-state index in [1.54, 1.807) is 6.07 Å². The summed E-state index contributed by atoms with van der Waals surface area (Å²) in [5.74, 6) is 1.87. The summed E-state index contributed by atoms with van der Waals surface area (Å²) in [7, 11) is 0. The topological polar surface area (TPSA) is 71.0 Å². The SMILES string of the molecule is Cc1ccccc1OCCNC[C@H](O)COc1cc(C)c(O)c(C)c1C. The maximum absolute atomic E-state index is 10.1. The highest BCUT2D eigenvalue weighted by atomic mass is 16.5. The molecule has 1 atom stereocenters. The molecule has 5 nitrogen and oxygen atoms in total. The van der Waals surface area contributed by atoms with Gasteiger partial charge in [-0.05, 0) is 62.1 Å². The van der Waals surface area contributed by atoms with Crippen molar-refractivity contribution < 1.29 is 19.7 Å². The number of hydrogen-bond donors (Lipinski definition) is 3. The van der Waals surface area contributed by atoms with Crippen molar-refractivity contribution in [2.75, 3.05) is 26.3 Å². The Labute approximate surface area is 155 Å². The number of aliphatic hydroxyl groups is 1. The van der Waals surface area contributed by atoms with Crippen LogP contribution in [0.5, 0.6) is 17.2 Å². The third-order valence-corrected chi connectivity index (χ3v) is 4.45. The Morgan fingerprint density at radius 2 is 1.69 bits per heavy atom. The smallest absolute Gasteiger partial charge is 0.123 e. The van der Waals surface area contributed by atoms with Gasteiger partial charge in [0, 0.05) is 13.1 Å². The number of benzene rings is 2. The summed E-state index contributed by atoms with van der Waals surface area (Å²) in [6.45, 7) is 9.39. The van der Waals surface area contributed by atoms with Gasteiger partial charge in [-0.25, -0.2) is 0 Å². The molecule has 0 aromatic heterocycles. The van der Waals surface area contributed by atoms with E-state index in [9.17, 15) is 10.2 Å². The van der Waals surface area contributed by atoms with E-state index in [4.69, 9.17) is 9.47 Å². The lowest BCUT2D eigenvalue weighted by atomic mass is 10.0. The van der Waals surface area contributed by atoms with E-state index in [1.807, 2.05) is 52.0 Å². The van der Waals surface area contributed by atoms with Crippen molar-refractivity contribution in [1.29, 1.82) is 0 Å². The van der Waals surface area contributed by atoms with Gasteiger partial charge in [-0.15, -0.1) is 0 Å². The van der Waals surface area contributed by atoms with Crippen LogP contribution in [0.15, 0.2) is 30.3 Å². The van der Waals surface area contributed by atoms with Crippen LogP contribution in [0.4, 0.5) is 0 Å². The van der Waals surface area contributed by atoms with Gasteiger partial charge in [0.05, 0.1) is 0 Å². The van der Waals surface area contributed by atoms with Crippen LogP contribution in [0.25, 0.3) is 0 Å². The van der Waals surface area contributed by atoms with Crippen LogP contribution in [-0.2, 0) is 0 Å². The second-order valence-electron chi connectivity index (χ2n) is 6.57. The molecular formula is C21H29NO4. The molecule has 3 N–H and O–H groups in total. The van der Waals surface area contributed by atoms with Crippen molar-refractivity contribution in [3.05, 3.63) is 52.6 Å². The summed E-state index contributed by atoms with van der Waals surface area (Å²) >= 11 is 0. The van der Waals surface area contributed by atoms with Gasteiger partial charge < -0.3 is 25.0 Å². The first-order valence-corrected chi connectivity index (χ1v) is 8.90. The number of nitrogens with one attached hydrogen (secondary N) is 1. The first kappa shape index (κ1) is 20.1. The second-order valence-corrected chi connectivity index (χ2v) is 6.57. The van der Waals surface area contributed by atoms with Crippen LogP contribution < -0.4 is 14.8 Å². The van der Waals surface area contributed by atoms with Crippen LogP contribution in [0.2, 0.25) is 0 Å². The summed E-state index contributed by atoms with van der Waals surface area (Å²) in [4.78, 5) is 0. The lowest BCUT2D eigenvalue weighted by Crippen LogP contribution is -2.33. The van der Waals surface area contributed by atoms with Crippen LogP contribution in [0, 0.1) is 27.7 Å². The van der Waals surface area contributed by atoms with Gasteiger partial charge >= 0.3 is 0 Å². The molecule has 2 aromatic rings. The minimum Gasteiger partial charge on any atom is -0.507 e. The van der Waals surface area contributed by atoms with Crippen LogP contribution in [-0.4, -0.2) is 42.6 Å². The fraction of sp³-hybridized carbons (Fsp3) is 0.429. The fourth-order valence-corrected chi connectivity index (χ4v) is 2.65. The van der Waals surface area contributed by atoms with E-state index in [0.717, 1.165) is 28.0 Å². The molecule has 5 heteroatoms. The van der Waals surface area contributed by atoms with E-state index in [2.05, 4.69) is 5.32 Å². The summed E-state index contributed by atoms with van der Waals surface area (Å²) in [5, 5.41) is 23.2. The van der Waals surface area contributed by atoms with Crippen LogP contribution in [0.1, 0.15) is 22.3 Å². The molecule has 0 fully saturated rings. The summed E-state index contributed by atoms with van der Waals surface area (Å²) in [6.07, 6.45) is -0.623. The molecule has 2 aromatic carbocycles. The van der Waals surface area contributed by atoms with Crippen molar-refractivity contribution in [2.24, 2.45) is 0 Å². The van der Waals surface area contributed by atoms with Gasteiger partial charge in [0.1, 0.15) is 36.6 Å². The highest BCUT2D eigenvalue weighted by Gasteiger charge is 2.12. The molecule has 0 heterocycles. The highest BCUT2D eigenvalue weighted by Crippen LogP contribution is 2.31. The van der Waals surface area contributed by atoms with E-state index < -0.39 is 6.10 Å². The summed E-state index contributed by atoms with van der Waals surface area (Å²) in [5.41, 5.74) is 3.57. The molecule has 26 heavy (non-hydrogen) atoms. The molecule has 2 rings (SSSR count). The monoisotopic (exact) mass is 359 g/mol. The van der Waals surface area contributed by atoms with E-state index in [-0.39, 0.29) is 6.61 Å². The van der Waals surface area contributed by atoms with Gasteiger partial charge in [-0.1, -0.05) is 18.2 Å². The summed E-state index contributed by atoms with van der Waals surface area (Å²) in [6, 6.07) is 9.69. The van der Waals surface area contributed by atoms with Crippen LogP contribution in [0.3, 0.4) is 0 Å². The molecule has 0 bridgehead atoms. The van der Waals surface area contributed by atoms with Crippen molar-refractivity contribution in [2.45, 2.75) is 33.8 Å². The number of aromatic hydroxyl groups is 1. The third-order valence-electron chi connectivity index (χ3n) is 4.45. The largest absolute Gasteiger partial charge is 0.507 e. The molecule has 0 aliphatic carbocycles. The van der Waals surface area contributed by atoms with E-state index >= 15 is 0 Å². The second kappa shape index (κ2) is 9.46. The number of phenolic OH excluding ortho intramolecular Hbond substituents is 1. The predicted molar refractivity (Wildman–Crippen MR) is 103 cm³/mol. The third kappa shape index (κ3) is 5.38. The van der Waals surface area contributed by atoms with Crippen LogP contribution >= 0.6 is 0 Å². The molecule has 0 unspecified atom stereocenters. The van der Waals surface area contributed by atoms with E-state index in [1.165, 1.54) is 0 Å². The zero-order valence-electron chi connectivity index (χ0n) is 16.0. The lowest BCUT2D eigenvalue weighted by molar-refractivity contribution is 0.105. The normalized spacial score (nSPS) is 12.0. The number of ether oxygens (including phenoxy) is 2. The fourth-order valence-electron chi connectivity index (χ4n) is 2.65. The summed E-state index contributed by atoms with van der Waals surface area (Å²) < 4.78 is 11.4. The van der Waals surface area contributed by atoms with Gasteiger partial charge in [-0.2, -0.15) is 0 Å². The minimum absolute atomic E-state index is 0.191. The zero-order chi connectivity index (χ0) is 19.1. The molecular weight excluding hydrogens is 330 g/mol. The Bertz CT molecular complexity index is 730. The van der Waals surface area contributed by atoms with Gasteiger partial charge in [0.2, 0.25) is 0 Å². The van der Waals surface area contributed by atoms with Crippen molar-refractivity contribution in [1.82, 2.24) is 5.32 Å². The maximum atomic E-state index is 10.1. The van der Waals surface area contributed by atoms with Crippen molar-refractivity contribution in [3.63, 3.8) is 0 Å². The molecule has 0 aliphatic heterocycles. The van der Waals surface area contributed by atoms with E-state index in [0.29, 0.717) is 31.2 Å². The Morgan fingerprint density at radius 1 is 0.962 bits per heavy atom. The number of hydrogen-bond acceptors (Lipinski definition) is 5. The minimum atomic E-state index is -0.623. The van der Waals surface area contributed by atoms with Crippen molar-refractivity contribution in [3.8, 4) is 17.2 Å². The average molecular weight is 359 g/mol. The number of aryl methyl sites for hydroxylation is 2. The molecule has 0 amide bonds. The Hall–Kier alpha value is -2.24. The quantitative estimate of drug-likeness (QED) is 0.600. The van der Waals surface area contributed by atoms with Gasteiger partial charge in [0.15, 0.2) is 0 Å². The van der Waals surface area contributed by atoms with Crippen molar-refractivity contribution >= 4 is 0 Å².